The molecule has 3 N–H and O–H groups in total. The van der Waals surface area contributed by atoms with Gasteiger partial charge in [0, 0.05) is 44.7 Å². The molecule has 28 heavy (non-hydrogen) atoms. The predicted octanol–water partition coefficient (Wildman–Crippen LogP) is 0.00320. The Hall–Kier alpha value is -2.00. The summed E-state index contributed by atoms with van der Waals surface area (Å²) < 4.78 is 5.36. The SMILES string of the molecule is O=C(N[C@@H]1CN2CCCC[C@@]2(C(=O)NCCc2cn[nH]n2)C1)C1CCOCC1. The number of amides is 2. The molecule has 4 rings (SSSR count). The Bertz CT molecular complexity index is 675. The molecule has 1 aromatic rings. The summed E-state index contributed by atoms with van der Waals surface area (Å²) in [6, 6.07) is 0.0368. The van der Waals surface area contributed by atoms with Crippen LogP contribution in [-0.2, 0) is 20.7 Å². The van der Waals surface area contributed by atoms with Crippen LogP contribution in [0.5, 0.6) is 0 Å². The Morgan fingerprint density at radius 1 is 1.32 bits per heavy atom. The molecule has 0 saturated carbocycles. The fourth-order valence-electron chi connectivity index (χ4n) is 4.87. The number of H-pyrrole nitrogens is 1. The van der Waals surface area contributed by atoms with Crippen LogP contribution in [0, 0.1) is 5.92 Å². The molecule has 2 amide bonds. The molecule has 1 aromatic heterocycles. The molecule has 3 saturated heterocycles. The first-order chi connectivity index (χ1) is 13.7. The standard InChI is InChI=1S/C19H30N6O3/c26-17(14-4-9-28-10-5-14)22-16-11-19(6-1-2-8-25(19)13-16)18(27)20-7-3-15-12-21-24-23-15/h12,14,16H,1-11,13H2,(H,20,27)(H,22,26)(H,21,23,24)/t16-,19-/m0/s1. The third-order valence-corrected chi connectivity index (χ3v) is 6.39. The maximum Gasteiger partial charge on any atom is 0.240 e. The lowest BCUT2D eigenvalue weighted by molar-refractivity contribution is -0.134. The molecule has 0 aliphatic carbocycles. The number of hydrogen-bond donors (Lipinski definition) is 3. The highest BCUT2D eigenvalue weighted by Crippen LogP contribution is 2.38. The van der Waals surface area contributed by atoms with Gasteiger partial charge in [0.15, 0.2) is 0 Å². The number of carbonyl (C=O) groups is 2. The van der Waals surface area contributed by atoms with E-state index < -0.39 is 5.54 Å². The van der Waals surface area contributed by atoms with E-state index in [-0.39, 0.29) is 23.8 Å². The molecule has 0 bridgehead atoms. The number of piperidine rings is 1. The molecule has 3 aliphatic rings. The van der Waals surface area contributed by atoms with E-state index in [2.05, 4.69) is 30.9 Å². The maximum absolute atomic E-state index is 13.1. The summed E-state index contributed by atoms with van der Waals surface area (Å²) in [7, 11) is 0. The van der Waals surface area contributed by atoms with Crippen molar-refractivity contribution in [2.75, 3.05) is 32.8 Å². The van der Waals surface area contributed by atoms with Gasteiger partial charge in [-0.1, -0.05) is 0 Å². The van der Waals surface area contributed by atoms with E-state index in [9.17, 15) is 9.59 Å². The summed E-state index contributed by atoms with van der Waals surface area (Å²) in [5.41, 5.74) is 0.349. The smallest absolute Gasteiger partial charge is 0.240 e. The molecule has 3 aliphatic heterocycles. The van der Waals surface area contributed by atoms with Crippen LogP contribution < -0.4 is 10.6 Å². The summed E-state index contributed by atoms with van der Waals surface area (Å²) in [6.07, 6.45) is 7.61. The fraction of sp³-hybridized carbons (Fsp3) is 0.789. The van der Waals surface area contributed by atoms with E-state index in [1.54, 1.807) is 6.20 Å². The fourth-order valence-corrected chi connectivity index (χ4v) is 4.87. The summed E-state index contributed by atoms with van der Waals surface area (Å²) in [6.45, 7) is 3.53. The average Bonchev–Trinajstić information content (AvgIpc) is 3.36. The van der Waals surface area contributed by atoms with Gasteiger partial charge in [-0.25, -0.2) is 0 Å². The van der Waals surface area contributed by atoms with Crippen LogP contribution in [0.25, 0.3) is 0 Å². The first-order valence-corrected chi connectivity index (χ1v) is 10.4. The molecule has 0 spiro atoms. The Kier molecular flexibility index (Phi) is 5.91. The van der Waals surface area contributed by atoms with Gasteiger partial charge in [0.1, 0.15) is 5.54 Å². The molecule has 3 fully saturated rings. The van der Waals surface area contributed by atoms with Gasteiger partial charge in [-0.3, -0.25) is 14.5 Å². The van der Waals surface area contributed by atoms with Crippen LogP contribution in [0.15, 0.2) is 6.20 Å². The lowest BCUT2D eigenvalue weighted by Gasteiger charge is -2.40. The van der Waals surface area contributed by atoms with Crippen molar-refractivity contribution in [3.8, 4) is 0 Å². The Labute approximate surface area is 164 Å². The predicted molar refractivity (Wildman–Crippen MR) is 101 cm³/mol. The van der Waals surface area contributed by atoms with Crippen molar-refractivity contribution >= 4 is 11.8 Å². The number of nitrogens with zero attached hydrogens (tertiary/aromatic N) is 3. The van der Waals surface area contributed by atoms with Crippen LogP contribution in [-0.4, -0.2) is 76.6 Å². The van der Waals surface area contributed by atoms with Crippen LogP contribution in [0.4, 0.5) is 0 Å². The average molecular weight is 390 g/mol. The highest BCUT2D eigenvalue weighted by Gasteiger charge is 2.52. The van der Waals surface area contributed by atoms with Gasteiger partial charge in [0.2, 0.25) is 11.8 Å². The molecular formula is C19H30N6O3. The van der Waals surface area contributed by atoms with Gasteiger partial charge in [0.25, 0.3) is 0 Å². The van der Waals surface area contributed by atoms with Gasteiger partial charge < -0.3 is 15.4 Å². The number of hydrogen-bond acceptors (Lipinski definition) is 6. The zero-order chi connectivity index (χ0) is 19.4. The normalized spacial score (nSPS) is 28.6. The van der Waals surface area contributed by atoms with Crippen molar-refractivity contribution in [2.45, 2.75) is 56.5 Å². The summed E-state index contributed by atoms with van der Waals surface area (Å²) in [5, 5.41) is 16.7. The van der Waals surface area contributed by atoms with Gasteiger partial charge >= 0.3 is 0 Å². The Morgan fingerprint density at radius 2 is 2.18 bits per heavy atom. The van der Waals surface area contributed by atoms with E-state index in [0.717, 1.165) is 50.9 Å². The molecule has 2 atom stereocenters. The molecule has 4 heterocycles. The van der Waals surface area contributed by atoms with Crippen molar-refractivity contribution in [1.29, 1.82) is 0 Å². The summed E-state index contributed by atoms with van der Waals surface area (Å²) in [5.74, 6) is 0.242. The molecule has 154 valence electrons. The number of fused-ring (bicyclic) bond motifs is 1. The number of rotatable bonds is 6. The first-order valence-electron chi connectivity index (χ1n) is 10.4. The lowest BCUT2D eigenvalue weighted by atomic mass is 9.84. The lowest BCUT2D eigenvalue weighted by Crippen LogP contribution is -2.57. The second kappa shape index (κ2) is 8.57. The molecule has 0 aromatic carbocycles. The number of aromatic nitrogens is 3. The number of ether oxygens (including phenoxy) is 1. The van der Waals surface area contributed by atoms with Crippen LogP contribution in [0.1, 0.15) is 44.2 Å². The van der Waals surface area contributed by atoms with E-state index in [4.69, 9.17) is 4.74 Å². The highest BCUT2D eigenvalue weighted by molar-refractivity contribution is 5.87. The largest absolute Gasteiger partial charge is 0.381 e. The Balaban J connectivity index is 1.35. The third-order valence-electron chi connectivity index (χ3n) is 6.39. The minimum Gasteiger partial charge on any atom is -0.381 e. The number of carbonyl (C=O) groups excluding carboxylic acids is 2. The molecule has 0 radical (unpaired) electrons. The minimum absolute atomic E-state index is 0.0368. The molecule has 9 nitrogen and oxygen atoms in total. The Morgan fingerprint density at radius 3 is 2.96 bits per heavy atom. The second-order valence-corrected chi connectivity index (χ2v) is 8.20. The van der Waals surface area contributed by atoms with Crippen molar-refractivity contribution in [3.05, 3.63) is 11.9 Å². The summed E-state index contributed by atoms with van der Waals surface area (Å²) in [4.78, 5) is 28.1. The topological polar surface area (TPSA) is 112 Å². The van der Waals surface area contributed by atoms with Crippen molar-refractivity contribution in [1.82, 2.24) is 30.9 Å². The van der Waals surface area contributed by atoms with E-state index >= 15 is 0 Å². The second-order valence-electron chi connectivity index (χ2n) is 8.20. The first kappa shape index (κ1) is 19.3. The van der Waals surface area contributed by atoms with E-state index in [0.29, 0.717) is 32.6 Å². The molecular weight excluding hydrogens is 360 g/mol. The van der Waals surface area contributed by atoms with Gasteiger partial charge in [-0.15, -0.1) is 0 Å². The van der Waals surface area contributed by atoms with Crippen molar-refractivity contribution in [2.24, 2.45) is 5.92 Å². The monoisotopic (exact) mass is 390 g/mol. The number of nitrogens with one attached hydrogen (secondary N) is 3. The molecule has 0 unspecified atom stereocenters. The van der Waals surface area contributed by atoms with E-state index in [1.165, 1.54) is 0 Å². The van der Waals surface area contributed by atoms with Crippen LogP contribution in [0.2, 0.25) is 0 Å². The van der Waals surface area contributed by atoms with Gasteiger partial charge in [0.05, 0.1) is 11.9 Å². The third kappa shape index (κ3) is 4.05. The van der Waals surface area contributed by atoms with Crippen molar-refractivity contribution < 1.29 is 14.3 Å². The zero-order valence-corrected chi connectivity index (χ0v) is 16.3. The number of aromatic amines is 1. The minimum atomic E-state index is -0.490. The van der Waals surface area contributed by atoms with Gasteiger partial charge in [-0.2, -0.15) is 15.4 Å². The molecule has 9 heteroatoms. The van der Waals surface area contributed by atoms with Crippen LogP contribution >= 0.6 is 0 Å². The zero-order valence-electron chi connectivity index (χ0n) is 16.3. The van der Waals surface area contributed by atoms with Crippen molar-refractivity contribution in [3.63, 3.8) is 0 Å². The van der Waals surface area contributed by atoms with Gasteiger partial charge in [-0.05, 0) is 45.1 Å². The van der Waals surface area contributed by atoms with Crippen LogP contribution in [0.3, 0.4) is 0 Å². The van der Waals surface area contributed by atoms with E-state index in [1.807, 2.05) is 0 Å². The maximum atomic E-state index is 13.1. The highest BCUT2D eigenvalue weighted by atomic mass is 16.5. The summed E-state index contributed by atoms with van der Waals surface area (Å²) >= 11 is 0. The quantitative estimate of drug-likeness (QED) is 0.631.